The number of rotatable bonds is 6. The van der Waals surface area contributed by atoms with E-state index in [9.17, 15) is 4.79 Å². The Morgan fingerprint density at radius 3 is 2.71 bits per heavy atom. The van der Waals surface area contributed by atoms with Crippen LogP contribution in [0.25, 0.3) is 0 Å². The van der Waals surface area contributed by atoms with Gasteiger partial charge >= 0.3 is 0 Å². The van der Waals surface area contributed by atoms with Crippen LogP contribution in [0.3, 0.4) is 0 Å². The third-order valence-corrected chi connectivity index (χ3v) is 4.72. The Labute approximate surface area is 145 Å². The van der Waals surface area contributed by atoms with Crippen LogP contribution in [0.15, 0.2) is 47.4 Å². The molecule has 6 heteroatoms. The second-order valence-electron chi connectivity index (χ2n) is 5.37. The fourth-order valence-corrected chi connectivity index (χ4v) is 3.08. The fourth-order valence-electron chi connectivity index (χ4n) is 2.37. The molecule has 0 fully saturated rings. The molecule has 1 amide bonds. The molecule has 0 saturated heterocycles. The van der Waals surface area contributed by atoms with Gasteiger partial charge in [0.25, 0.3) is 0 Å². The number of benzene rings is 2. The van der Waals surface area contributed by atoms with Crippen LogP contribution in [0, 0.1) is 0 Å². The fraction of sp³-hybridized carbons (Fsp3) is 0.278. The second kappa shape index (κ2) is 7.49. The number of thioether (sulfide) groups is 1. The van der Waals surface area contributed by atoms with E-state index in [1.54, 1.807) is 7.11 Å². The minimum absolute atomic E-state index is 0.0130. The predicted molar refractivity (Wildman–Crippen MR) is 92.8 cm³/mol. The quantitative estimate of drug-likeness (QED) is 0.813. The van der Waals surface area contributed by atoms with Gasteiger partial charge in [-0.1, -0.05) is 6.07 Å². The van der Waals surface area contributed by atoms with Gasteiger partial charge < -0.3 is 19.5 Å². The van der Waals surface area contributed by atoms with Gasteiger partial charge in [-0.3, -0.25) is 4.79 Å². The first-order valence-corrected chi connectivity index (χ1v) is 8.60. The van der Waals surface area contributed by atoms with Crippen molar-refractivity contribution in [3.8, 4) is 17.2 Å². The molecule has 0 aromatic heterocycles. The largest absolute Gasteiger partial charge is 0.497 e. The lowest BCUT2D eigenvalue weighted by Crippen LogP contribution is -2.28. The number of hydrogen-bond donors (Lipinski definition) is 1. The van der Waals surface area contributed by atoms with Crippen LogP contribution < -0.4 is 19.5 Å². The summed E-state index contributed by atoms with van der Waals surface area (Å²) in [4.78, 5) is 13.2. The third kappa shape index (κ3) is 3.94. The van der Waals surface area contributed by atoms with E-state index in [1.165, 1.54) is 11.8 Å². The van der Waals surface area contributed by atoms with Crippen molar-refractivity contribution in [2.45, 2.75) is 17.9 Å². The summed E-state index contributed by atoms with van der Waals surface area (Å²) >= 11 is 1.49. The highest BCUT2D eigenvalue weighted by atomic mass is 32.2. The SMILES string of the molecule is COc1ccc(SCC(=O)N[C@H](C)c2ccc3c(c2)OCO3)cc1. The Kier molecular flexibility index (Phi) is 5.15. The summed E-state index contributed by atoms with van der Waals surface area (Å²) < 4.78 is 15.8. The molecular formula is C18H19NO4S. The van der Waals surface area contributed by atoms with E-state index in [0.717, 1.165) is 27.7 Å². The average molecular weight is 345 g/mol. The molecule has 1 atom stereocenters. The third-order valence-electron chi connectivity index (χ3n) is 3.70. The van der Waals surface area contributed by atoms with Gasteiger partial charge in [0.2, 0.25) is 12.7 Å². The predicted octanol–water partition coefficient (Wildman–Crippen LogP) is 3.39. The number of carbonyl (C=O) groups is 1. The summed E-state index contributed by atoms with van der Waals surface area (Å²) in [5.74, 6) is 2.62. The van der Waals surface area contributed by atoms with E-state index in [-0.39, 0.29) is 18.7 Å². The van der Waals surface area contributed by atoms with E-state index in [4.69, 9.17) is 14.2 Å². The monoisotopic (exact) mass is 345 g/mol. The maximum atomic E-state index is 12.1. The van der Waals surface area contributed by atoms with E-state index in [0.29, 0.717) is 5.75 Å². The summed E-state index contributed by atoms with van der Waals surface area (Å²) in [6.07, 6.45) is 0. The number of hydrogen-bond acceptors (Lipinski definition) is 5. The van der Waals surface area contributed by atoms with Crippen LogP contribution in [0.5, 0.6) is 17.2 Å². The molecule has 0 unspecified atom stereocenters. The van der Waals surface area contributed by atoms with Crippen LogP contribution >= 0.6 is 11.8 Å². The molecule has 126 valence electrons. The van der Waals surface area contributed by atoms with Crippen molar-refractivity contribution in [3.05, 3.63) is 48.0 Å². The summed E-state index contributed by atoms with van der Waals surface area (Å²) in [5.41, 5.74) is 0.988. The molecule has 2 aromatic rings. The molecule has 1 N–H and O–H groups in total. The zero-order chi connectivity index (χ0) is 16.9. The second-order valence-corrected chi connectivity index (χ2v) is 6.41. The number of fused-ring (bicyclic) bond motifs is 1. The van der Waals surface area contributed by atoms with Crippen molar-refractivity contribution in [1.82, 2.24) is 5.32 Å². The number of carbonyl (C=O) groups excluding carboxylic acids is 1. The van der Waals surface area contributed by atoms with Crippen molar-refractivity contribution in [2.75, 3.05) is 19.7 Å². The van der Waals surface area contributed by atoms with Crippen LogP contribution in [0.2, 0.25) is 0 Å². The molecule has 2 aromatic carbocycles. The molecule has 5 nitrogen and oxygen atoms in total. The van der Waals surface area contributed by atoms with Crippen molar-refractivity contribution < 1.29 is 19.0 Å². The van der Waals surface area contributed by atoms with Crippen LogP contribution in [-0.4, -0.2) is 25.6 Å². The number of methoxy groups -OCH3 is 1. The first kappa shape index (κ1) is 16.5. The summed E-state index contributed by atoms with van der Waals surface area (Å²) in [6.45, 7) is 2.20. The van der Waals surface area contributed by atoms with E-state index < -0.39 is 0 Å². The Morgan fingerprint density at radius 1 is 1.21 bits per heavy atom. The van der Waals surface area contributed by atoms with Gasteiger partial charge in [-0.15, -0.1) is 11.8 Å². The van der Waals surface area contributed by atoms with Gasteiger partial charge in [-0.2, -0.15) is 0 Å². The highest BCUT2D eigenvalue weighted by Crippen LogP contribution is 2.34. The molecule has 0 radical (unpaired) electrons. The van der Waals surface area contributed by atoms with Gasteiger partial charge in [0.1, 0.15) is 5.75 Å². The molecule has 1 heterocycles. The minimum atomic E-state index is -0.0940. The molecule has 3 rings (SSSR count). The van der Waals surface area contributed by atoms with Gasteiger partial charge in [-0.25, -0.2) is 0 Å². The number of amides is 1. The lowest BCUT2D eigenvalue weighted by atomic mass is 10.1. The normalized spacial score (nSPS) is 13.4. The van der Waals surface area contributed by atoms with Crippen LogP contribution in [0.4, 0.5) is 0 Å². The minimum Gasteiger partial charge on any atom is -0.497 e. The first-order valence-electron chi connectivity index (χ1n) is 7.61. The number of ether oxygens (including phenoxy) is 3. The Bertz CT molecular complexity index is 717. The van der Waals surface area contributed by atoms with Crippen LogP contribution in [0.1, 0.15) is 18.5 Å². The van der Waals surface area contributed by atoms with Crippen LogP contribution in [-0.2, 0) is 4.79 Å². The average Bonchev–Trinajstić information content (AvgIpc) is 3.08. The molecule has 0 spiro atoms. The lowest BCUT2D eigenvalue weighted by Gasteiger charge is -2.14. The standard InChI is InChI=1S/C18H19NO4S/c1-12(13-3-8-16-17(9-13)23-11-22-16)19-18(20)10-24-15-6-4-14(21-2)5-7-15/h3-9,12H,10-11H2,1-2H3,(H,19,20)/t12-/m1/s1. The first-order chi connectivity index (χ1) is 11.7. The topological polar surface area (TPSA) is 56.8 Å². The van der Waals surface area contributed by atoms with Gasteiger partial charge in [-0.05, 0) is 48.9 Å². The molecular weight excluding hydrogens is 326 g/mol. The zero-order valence-corrected chi connectivity index (χ0v) is 14.4. The molecule has 1 aliphatic rings. The molecule has 0 bridgehead atoms. The van der Waals surface area contributed by atoms with E-state index >= 15 is 0 Å². The summed E-state index contributed by atoms with van der Waals surface area (Å²) in [6, 6.07) is 13.3. The highest BCUT2D eigenvalue weighted by Gasteiger charge is 2.16. The molecule has 0 saturated carbocycles. The Hall–Kier alpha value is -2.34. The highest BCUT2D eigenvalue weighted by molar-refractivity contribution is 8.00. The van der Waals surface area contributed by atoms with Gasteiger partial charge in [0, 0.05) is 4.90 Å². The molecule has 1 aliphatic heterocycles. The molecule has 0 aliphatic carbocycles. The van der Waals surface area contributed by atoms with Crippen molar-refractivity contribution in [3.63, 3.8) is 0 Å². The summed E-state index contributed by atoms with van der Waals surface area (Å²) in [7, 11) is 1.63. The van der Waals surface area contributed by atoms with Crippen molar-refractivity contribution in [1.29, 1.82) is 0 Å². The Morgan fingerprint density at radius 2 is 1.96 bits per heavy atom. The van der Waals surface area contributed by atoms with Gasteiger partial charge in [0.15, 0.2) is 11.5 Å². The van der Waals surface area contributed by atoms with E-state index in [2.05, 4.69) is 5.32 Å². The molecule has 24 heavy (non-hydrogen) atoms. The smallest absolute Gasteiger partial charge is 0.231 e. The van der Waals surface area contributed by atoms with Gasteiger partial charge in [0.05, 0.1) is 18.9 Å². The summed E-state index contributed by atoms with van der Waals surface area (Å²) in [5, 5.41) is 3.00. The maximum Gasteiger partial charge on any atom is 0.231 e. The lowest BCUT2D eigenvalue weighted by molar-refractivity contribution is -0.119. The van der Waals surface area contributed by atoms with Crippen molar-refractivity contribution in [2.24, 2.45) is 0 Å². The van der Waals surface area contributed by atoms with Crippen molar-refractivity contribution >= 4 is 17.7 Å². The zero-order valence-electron chi connectivity index (χ0n) is 13.6. The maximum absolute atomic E-state index is 12.1. The number of nitrogens with one attached hydrogen (secondary N) is 1. The Balaban J connectivity index is 1.52. The van der Waals surface area contributed by atoms with E-state index in [1.807, 2.05) is 49.4 Å².